The molecule has 3 aromatic carbocycles. The number of amides is 2. The van der Waals surface area contributed by atoms with Gasteiger partial charge in [-0.05, 0) is 72.5 Å². The van der Waals surface area contributed by atoms with E-state index in [1.807, 2.05) is 74.5 Å². The van der Waals surface area contributed by atoms with Crippen LogP contribution in [0, 0.1) is 5.82 Å². The number of nitrogens with two attached hydrogens (primary N) is 1. The Kier molecular flexibility index (Phi) is 6.51. The second kappa shape index (κ2) is 9.94. The van der Waals surface area contributed by atoms with Gasteiger partial charge in [-0.2, -0.15) is 5.10 Å². The summed E-state index contributed by atoms with van der Waals surface area (Å²) in [5.74, 6) is -1.11. The monoisotopic (exact) mass is 506 g/mol. The van der Waals surface area contributed by atoms with Gasteiger partial charge in [0.05, 0.1) is 22.3 Å². The molecule has 0 saturated carbocycles. The fraction of sp³-hybridized carbons (Fsp3) is 0.129. The highest BCUT2D eigenvalue weighted by Crippen LogP contribution is 2.27. The number of pyridine rings is 1. The SMILES string of the molecule is CC(C)(NC(=O)c1cccc(-c2ccn3nc(Cc4ccc(F)cc4)c(C(N)=O)c3c2)c1)c1ccccc1. The van der Waals surface area contributed by atoms with Crippen LogP contribution < -0.4 is 11.1 Å². The average Bonchev–Trinajstić information content (AvgIpc) is 3.27. The van der Waals surface area contributed by atoms with E-state index in [9.17, 15) is 14.0 Å². The molecule has 2 amide bonds. The zero-order valence-corrected chi connectivity index (χ0v) is 21.1. The lowest BCUT2D eigenvalue weighted by atomic mass is 9.93. The largest absolute Gasteiger partial charge is 0.365 e. The molecule has 0 fully saturated rings. The number of halogens is 1. The van der Waals surface area contributed by atoms with Crippen molar-refractivity contribution in [2.45, 2.75) is 25.8 Å². The third-order valence-electron chi connectivity index (χ3n) is 6.62. The molecule has 0 aliphatic rings. The van der Waals surface area contributed by atoms with E-state index in [2.05, 4.69) is 10.4 Å². The van der Waals surface area contributed by atoms with Crippen LogP contribution in [0.3, 0.4) is 0 Å². The molecular formula is C31H27FN4O2. The first-order valence-electron chi connectivity index (χ1n) is 12.3. The Morgan fingerprint density at radius 1 is 0.921 bits per heavy atom. The quantitative estimate of drug-likeness (QED) is 0.306. The molecule has 5 aromatic rings. The van der Waals surface area contributed by atoms with Crippen LogP contribution in [-0.4, -0.2) is 21.4 Å². The minimum Gasteiger partial charge on any atom is -0.365 e. The zero-order chi connectivity index (χ0) is 26.9. The van der Waals surface area contributed by atoms with Gasteiger partial charge in [-0.1, -0.05) is 54.6 Å². The lowest BCUT2D eigenvalue weighted by molar-refractivity contribution is 0.0911. The van der Waals surface area contributed by atoms with Gasteiger partial charge >= 0.3 is 0 Å². The van der Waals surface area contributed by atoms with Gasteiger partial charge in [0.2, 0.25) is 0 Å². The minimum absolute atomic E-state index is 0.189. The van der Waals surface area contributed by atoms with E-state index >= 15 is 0 Å². The van der Waals surface area contributed by atoms with E-state index in [0.29, 0.717) is 28.8 Å². The van der Waals surface area contributed by atoms with Crippen molar-refractivity contribution in [3.63, 3.8) is 0 Å². The van der Waals surface area contributed by atoms with Crippen molar-refractivity contribution in [3.8, 4) is 11.1 Å². The van der Waals surface area contributed by atoms with Gasteiger partial charge in [0.1, 0.15) is 5.82 Å². The molecule has 0 aliphatic carbocycles. The standard InChI is InChI=1S/C31H27FN4O2/c1-31(2,24-9-4-3-5-10-24)34-30(38)23-8-6-7-21(18-23)22-15-16-36-27(19-22)28(29(33)37)26(35-36)17-20-11-13-25(32)14-12-20/h3-16,18-19H,17H2,1-2H3,(H2,33,37)(H,34,38). The van der Waals surface area contributed by atoms with Crippen molar-refractivity contribution >= 4 is 17.3 Å². The van der Waals surface area contributed by atoms with Crippen LogP contribution >= 0.6 is 0 Å². The maximum Gasteiger partial charge on any atom is 0.252 e. The fourth-order valence-corrected chi connectivity index (χ4v) is 4.58. The Morgan fingerprint density at radius 2 is 1.63 bits per heavy atom. The summed E-state index contributed by atoms with van der Waals surface area (Å²) in [5, 5.41) is 7.67. The summed E-state index contributed by atoms with van der Waals surface area (Å²) < 4.78 is 14.9. The Hall–Kier alpha value is -4.78. The highest BCUT2D eigenvalue weighted by molar-refractivity contribution is 6.02. The molecule has 7 heteroatoms. The number of carbonyl (C=O) groups is 2. The summed E-state index contributed by atoms with van der Waals surface area (Å²) in [5.41, 5.74) is 10.6. The van der Waals surface area contributed by atoms with Crippen LogP contribution in [0.15, 0.2) is 97.2 Å². The maximum absolute atomic E-state index is 13.3. The molecule has 0 saturated heterocycles. The molecule has 2 aromatic heterocycles. The van der Waals surface area contributed by atoms with E-state index in [1.165, 1.54) is 12.1 Å². The molecule has 0 atom stereocenters. The predicted octanol–water partition coefficient (Wildman–Crippen LogP) is 5.50. The number of primary amides is 1. The van der Waals surface area contributed by atoms with E-state index < -0.39 is 11.4 Å². The number of carbonyl (C=O) groups excluding carboxylic acids is 2. The first-order chi connectivity index (χ1) is 18.2. The van der Waals surface area contributed by atoms with Crippen molar-refractivity contribution in [1.82, 2.24) is 14.9 Å². The van der Waals surface area contributed by atoms with Gasteiger partial charge in [0.25, 0.3) is 11.8 Å². The van der Waals surface area contributed by atoms with Crippen LogP contribution in [0.4, 0.5) is 4.39 Å². The van der Waals surface area contributed by atoms with Crippen molar-refractivity contribution in [2.24, 2.45) is 5.73 Å². The molecule has 38 heavy (non-hydrogen) atoms. The summed E-state index contributed by atoms with van der Waals surface area (Å²) in [7, 11) is 0. The van der Waals surface area contributed by atoms with E-state index in [-0.39, 0.29) is 11.7 Å². The second-order valence-corrected chi connectivity index (χ2v) is 9.76. The number of hydrogen-bond donors (Lipinski definition) is 2. The normalized spacial score (nSPS) is 11.4. The number of fused-ring (bicyclic) bond motifs is 1. The van der Waals surface area contributed by atoms with Crippen LogP contribution in [0.5, 0.6) is 0 Å². The van der Waals surface area contributed by atoms with Gasteiger partial charge in [-0.3, -0.25) is 9.59 Å². The Bertz CT molecular complexity index is 1640. The maximum atomic E-state index is 13.3. The summed E-state index contributed by atoms with van der Waals surface area (Å²) in [6.07, 6.45) is 2.10. The van der Waals surface area contributed by atoms with Crippen molar-refractivity contribution in [2.75, 3.05) is 0 Å². The Labute approximate surface area is 219 Å². The lowest BCUT2D eigenvalue weighted by Crippen LogP contribution is -2.40. The Balaban J connectivity index is 1.46. The van der Waals surface area contributed by atoms with Crippen molar-refractivity contribution < 1.29 is 14.0 Å². The first kappa shape index (κ1) is 24.9. The Morgan fingerprint density at radius 3 is 2.34 bits per heavy atom. The van der Waals surface area contributed by atoms with E-state index in [0.717, 1.165) is 22.3 Å². The topological polar surface area (TPSA) is 89.5 Å². The second-order valence-electron chi connectivity index (χ2n) is 9.76. The molecule has 3 N–H and O–H groups in total. The molecule has 0 bridgehead atoms. The molecular weight excluding hydrogens is 479 g/mol. The van der Waals surface area contributed by atoms with Crippen LogP contribution in [0.1, 0.15) is 51.4 Å². The van der Waals surface area contributed by atoms with Crippen LogP contribution in [-0.2, 0) is 12.0 Å². The predicted molar refractivity (Wildman–Crippen MR) is 145 cm³/mol. The number of nitrogens with zero attached hydrogens (tertiary/aromatic N) is 2. The minimum atomic E-state index is -0.592. The number of nitrogens with one attached hydrogen (secondary N) is 1. The molecule has 0 radical (unpaired) electrons. The average molecular weight is 507 g/mol. The highest BCUT2D eigenvalue weighted by atomic mass is 19.1. The van der Waals surface area contributed by atoms with Crippen LogP contribution in [0.2, 0.25) is 0 Å². The highest BCUT2D eigenvalue weighted by Gasteiger charge is 2.24. The third kappa shape index (κ3) is 5.04. The number of rotatable bonds is 7. The summed E-state index contributed by atoms with van der Waals surface area (Å²) in [6.45, 7) is 3.93. The molecule has 5 rings (SSSR count). The lowest BCUT2D eigenvalue weighted by Gasteiger charge is -2.27. The number of hydrogen-bond acceptors (Lipinski definition) is 3. The van der Waals surface area contributed by atoms with Gasteiger partial charge in [-0.25, -0.2) is 8.91 Å². The van der Waals surface area contributed by atoms with Crippen molar-refractivity contribution in [1.29, 1.82) is 0 Å². The third-order valence-corrected chi connectivity index (χ3v) is 6.62. The summed E-state index contributed by atoms with van der Waals surface area (Å²) in [4.78, 5) is 25.6. The van der Waals surface area contributed by atoms with Gasteiger partial charge in [0.15, 0.2) is 0 Å². The van der Waals surface area contributed by atoms with Gasteiger partial charge < -0.3 is 11.1 Å². The number of benzene rings is 3. The molecule has 0 unspecified atom stereocenters. The zero-order valence-electron chi connectivity index (χ0n) is 21.1. The summed E-state index contributed by atoms with van der Waals surface area (Å²) in [6, 6.07) is 26.9. The summed E-state index contributed by atoms with van der Waals surface area (Å²) >= 11 is 0. The van der Waals surface area contributed by atoms with Crippen molar-refractivity contribution in [3.05, 3.63) is 131 Å². The fourth-order valence-electron chi connectivity index (χ4n) is 4.58. The molecule has 6 nitrogen and oxygen atoms in total. The molecule has 0 aliphatic heterocycles. The van der Waals surface area contributed by atoms with E-state index in [1.54, 1.807) is 28.9 Å². The first-order valence-corrected chi connectivity index (χ1v) is 12.3. The molecule has 2 heterocycles. The van der Waals surface area contributed by atoms with Gasteiger partial charge in [0, 0.05) is 18.2 Å². The number of aromatic nitrogens is 2. The van der Waals surface area contributed by atoms with E-state index in [4.69, 9.17) is 5.73 Å². The molecule has 190 valence electrons. The van der Waals surface area contributed by atoms with Crippen LogP contribution in [0.25, 0.3) is 16.6 Å². The van der Waals surface area contributed by atoms with Gasteiger partial charge in [-0.15, -0.1) is 0 Å². The smallest absolute Gasteiger partial charge is 0.252 e. The molecule has 0 spiro atoms.